The number of halogens is 1. The topological polar surface area (TPSA) is 73.9 Å². The van der Waals surface area contributed by atoms with Gasteiger partial charge in [0.2, 0.25) is 0 Å². The Morgan fingerprint density at radius 1 is 1.19 bits per heavy atom. The lowest BCUT2D eigenvalue weighted by atomic mass is 10.1. The van der Waals surface area contributed by atoms with Crippen molar-refractivity contribution >= 4 is 35.3 Å². The van der Waals surface area contributed by atoms with Gasteiger partial charge in [0, 0.05) is 16.8 Å². The normalized spacial score (nSPS) is 11.1. The van der Waals surface area contributed by atoms with Gasteiger partial charge >= 0.3 is 0 Å². The van der Waals surface area contributed by atoms with E-state index < -0.39 is 0 Å². The average molecular weight is 397 g/mol. The molecule has 7 heteroatoms. The number of H-pyrrole nitrogens is 1. The molecular weight excluding hydrogens is 380 g/mol. The van der Waals surface area contributed by atoms with Gasteiger partial charge in [0.1, 0.15) is 5.40 Å². The molecule has 1 N–H and O–H groups in total. The quantitative estimate of drug-likeness (QED) is 0.380. The molecule has 0 spiro atoms. The summed E-state index contributed by atoms with van der Waals surface area (Å²) in [4.78, 5) is 17.8. The van der Waals surface area contributed by atoms with Crippen molar-refractivity contribution in [3.63, 3.8) is 0 Å². The Bertz CT molecular complexity index is 1140. The first-order valence-corrected chi connectivity index (χ1v) is 9.39. The van der Waals surface area contributed by atoms with Crippen molar-refractivity contribution in [3.8, 4) is 11.1 Å². The summed E-state index contributed by atoms with van der Waals surface area (Å²) in [5.41, 5.74) is 4.73. The molecule has 27 heavy (non-hydrogen) atoms. The van der Waals surface area contributed by atoms with Crippen LogP contribution < -0.4 is 5.56 Å². The Morgan fingerprint density at radius 2 is 1.96 bits per heavy atom. The summed E-state index contributed by atoms with van der Waals surface area (Å²) in [7, 11) is 0. The van der Waals surface area contributed by atoms with Gasteiger partial charge in [-0.2, -0.15) is 5.26 Å². The molecule has 2 aromatic carbocycles. The average Bonchev–Trinajstić information content (AvgIpc) is 2.92. The Kier molecular flexibility index (Phi) is 5.54. The van der Waals surface area contributed by atoms with E-state index >= 15 is 0 Å². The van der Waals surface area contributed by atoms with E-state index in [-0.39, 0.29) is 5.56 Å². The van der Waals surface area contributed by atoms with Crippen LogP contribution in [0.15, 0.2) is 51.1 Å². The highest BCUT2D eigenvalue weighted by Gasteiger charge is 2.11. The van der Waals surface area contributed by atoms with E-state index in [1.54, 1.807) is 18.2 Å². The van der Waals surface area contributed by atoms with Gasteiger partial charge in [-0.1, -0.05) is 17.7 Å². The van der Waals surface area contributed by atoms with Gasteiger partial charge in [0.05, 0.1) is 22.0 Å². The Hall–Kier alpha value is -2.75. The minimum atomic E-state index is -0.165. The van der Waals surface area contributed by atoms with Crippen LogP contribution in [0.1, 0.15) is 22.4 Å². The number of nitrogens with one attached hydrogen (secondary N) is 1. The highest BCUT2D eigenvalue weighted by molar-refractivity contribution is 8.03. The summed E-state index contributed by atoms with van der Waals surface area (Å²) >= 11 is 7.14. The van der Waals surface area contributed by atoms with Gasteiger partial charge in [0.25, 0.3) is 5.56 Å². The van der Waals surface area contributed by atoms with Crippen LogP contribution in [0.3, 0.4) is 0 Å². The standard InChI is InChI=1S/C20H17ClN4OS/c1-12-4-6-16(8-13(12)2)25-20(26)17(14(3)24-25)10-23-15-5-7-19(27-11-22)18(21)9-15/h4-10,24H,1-3H3. The predicted octanol–water partition coefficient (Wildman–Crippen LogP) is 5.07. The molecule has 0 aliphatic carbocycles. The summed E-state index contributed by atoms with van der Waals surface area (Å²) in [6, 6.07) is 11.0. The number of aromatic nitrogens is 2. The number of aliphatic imine (C=N–C) groups is 1. The Balaban J connectivity index is 1.94. The number of nitriles is 1. The molecule has 0 unspecified atom stereocenters. The molecular formula is C20H17ClN4OS. The number of nitrogens with zero attached hydrogens (tertiary/aromatic N) is 3. The minimum Gasteiger partial charge on any atom is -0.295 e. The van der Waals surface area contributed by atoms with Crippen molar-refractivity contribution in [2.45, 2.75) is 25.7 Å². The SMILES string of the molecule is Cc1ccc(-n2[nH]c(C)c(C=Nc3ccc(SC#N)c(Cl)c3)c2=O)cc1C. The van der Waals surface area contributed by atoms with Crippen LogP contribution in [-0.2, 0) is 0 Å². The second-order valence-electron chi connectivity index (χ2n) is 6.13. The number of thioether (sulfide) groups is 1. The molecule has 1 aromatic heterocycles. The van der Waals surface area contributed by atoms with Crippen molar-refractivity contribution in [2.24, 2.45) is 4.99 Å². The predicted molar refractivity (Wildman–Crippen MR) is 111 cm³/mol. The third-order valence-corrected chi connectivity index (χ3v) is 5.37. The van der Waals surface area contributed by atoms with E-state index in [4.69, 9.17) is 16.9 Å². The maximum Gasteiger partial charge on any atom is 0.280 e. The van der Waals surface area contributed by atoms with Crippen LogP contribution in [0.4, 0.5) is 5.69 Å². The maximum atomic E-state index is 12.8. The molecule has 0 saturated heterocycles. The van der Waals surface area contributed by atoms with Gasteiger partial charge in [-0.25, -0.2) is 4.68 Å². The summed E-state index contributed by atoms with van der Waals surface area (Å²) < 4.78 is 1.52. The van der Waals surface area contributed by atoms with Gasteiger partial charge in [-0.05, 0) is 74.0 Å². The third kappa shape index (κ3) is 4.00. The van der Waals surface area contributed by atoms with Gasteiger partial charge < -0.3 is 0 Å². The van der Waals surface area contributed by atoms with E-state index in [0.29, 0.717) is 21.2 Å². The molecule has 0 amide bonds. The maximum absolute atomic E-state index is 12.8. The van der Waals surface area contributed by atoms with Crippen molar-refractivity contribution in [1.82, 2.24) is 9.78 Å². The van der Waals surface area contributed by atoms with Crippen LogP contribution in [0.5, 0.6) is 0 Å². The summed E-state index contributed by atoms with van der Waals surface area (Å²) in [6.45, 7) is 5.88. The van der Waals surface area contributed by atoms with Crippen molar-refractivity contribution < 1.29 is 0 Å². The lowest BCUT2D eigenvalue weighted by molar-refractivity contribution is 0.833. The third-order valence-electron chi connectivity index (χ3n) is 4.28. The zero-order chi connectivity index (χ0) is 19.6. The van der Waals surface area contributed by atoms with E-state index in [9.17, 15) is 4.79 Å². The van der Waals surface area contributed by atoms with Crippen LogP contribution in [0, 0.1) is 31.4 Å². The van der Waals surface area contributed by atoms with Gasteiger partial charge in [-0.15, -0.1) is 0 Å². The van der Waals surface area contributed by atoms with Crippen LogP contribution >= 0.6 is 23.4 Å². The van der Waals surface area contributed by atoms with E-state index in [0.717, 1.165) is 28.7 Å². The second kappa shape index (κ2) is 7.87. The molecule has 0 aliphatic rings. The zero-order valence-corrected chi connectivity index (χ0v) is 16.6. The molecule has 3 aromatic rings. The molecule has 0 fully saturated rings. The lowest BCUT2D eigenvalue weighted by Crippen LogP contribution is -2.17. The molecule has 0 bridgehead atoms. The number of benzene rings is 2. The summed E-state index contributed by atoms with van der Waals surface area (Å²) in [5, 5.41) is 14.3. The largest absolute Gasteiger partial charge is 0.295 e. The molecule has 1 heterocycles. The zero-order valence-electron chi connectivity index (χ0n) is 15.1. The number of aromatic amines is 1. The van der Waals surface area contributed by atoms with Crippen molar-refractivity contribution in [2.75, 3.05) is 0 Å². The molecule has 0 radical (unpaired) electrons. The van der Waals surface area contributed by atoms with E-state index in [2.05, 4.69) is 10.1 Å². The molecule has 0 saturated carbocycles. The van der Waals surface area contributed by atoms with Crippen LogP contribution in [0.2, 0.25) is 5.02 Å². The number of hydrogen-bond donors (Lipinski definition) is 1. The molecule has 3 rings (SSSR count). The molecule has 0 atom stereocenters. The van der Waals surface area contributed by atoms with Crippen LogP contribution in [-0.4, -0.2) is 16.0 Å². The molecule has 136 valence electrons. The van der Waals surface area contributed by atoms with E-state index in [1.165, 1.54) is 16.5 Å². The first-order chi connectivity index (χ1) is 12.9. The van der Waals surface area contributed by atoms with Crippen LogP contribution in [0.25, 0.3) is 5.69 Å². The highest BCUT2D eigenvalue weighted by atomic mass is 35.5. The smallest absolute Gasteiger partial charge is 0.280 e. The Morgan fingerprint density at radius 3 is 2.63 bits per heavy atom. The minimum absolute atomic E-state index is 0.165. The monoisotopic (exact) mass is 396 g/mol. The highest BCUT2D eigenvalue weighted by Crippen LogP contribution is 2.30. The van der Waals surface area contributed by atoms with Gasteiger partial charge in [-0.3, -0.25) is 14.9 Å². The first kappa shape index (κ1) is 19.0. The first-order valence-electron chi connectivity index (χ1n) is 8.19. The fraction of sp³-hybridized carbons (Fsp3) is 0.150. The number of thiocyanates is 1. The summed E-state index contributed by atoms with van der Waals surface area (Å²) in [5.74, 6) is 0. The Labute approximate surface area is 166 Å². The van der Waals surface area contributed by atoms with Crippen molar-refractivity contribution in [3.05, 3.63) is 74.2 Å². The second-order valence-corrected chi connectivity index (χ2v) is 7.36. The fourth-order valence-electron chi connectivity index (χ4n) is 2.60. The lowest BCUT2D eigenvalue weighted by Gasteiger charge is -2.05. The van der Waals surface area contributed by atoms with Gasteiger partial charge in [0.15, 0.2) is 0 Å². The summed E-state index contributed by atoms with van der Waals surface area (Å²) in [6.07, 6.45) is 1.54. The number of rotatable bonds is 4. The number of aryl methyl sites for hydroxylation is 3. The molecule has 5 nitrogen and oxygen atoms in total. The van der Waals surface area contributed by atoms with E-state index in [1.807, 2.05) is 44.4 Å². The fourth-order valence-corrected chi connectivity index (χ4v) is 3.28. The molecule has 0 aliphatic heterocycles. The van der Waals surface area contributed by atoms with Crippen molar-refractivity contribution in [1.29, 1.82) is 5.26 Å². The number of hydrogen-bond acceptors (Lipinski definition) is 4.